The number of aromatic nitrogens is 4. The Morgan fingerprint density at radius 1 is 1.30 bits per heavy atom. The predicted octanol–water partition coefficient (Wildman–Crippen LogP) is -0.430. The highest BCUT2D eigenvalue weighted by atomic mass is 31.2. The first-order valence-corrected chi connectivity index (χ1v) is 12.5. The third-order valence-corrected chi connectivity index (χ3v) is 6.93. The molecule has 3 rings (SSSR count). The molecule has 16 nitrogen and oxygen atoms in total. The third kappa shape index (κ3) is 6.75. The van der Waals surface area contributed by atoms with Crippen molar-refractivity contribution >= 4 is 36.7 Å². The number of esters is 1. The van der Waals surface area contributed by atoms with Gasteiger partial charge < -0.3 is 30.5 Å². The Bertz CT molecular complexity index is 1180. The van der Waals surface area contributed by atoms with Crippen molar-refractivity contribution in [1.82, 2.24) is 24.6 Å². The van der Waals surface area contributed by atoms with Crippen molar-refractivity contribution in [2.24, 2.45) is 5.92 Å². The standard InChI is InChI=1S/C19H28FN6O10P/c1-8(2)4-9(18(30)31)25-37(32,35-6-11(27)33-3)34-5-10-13(28)14(29)17(36-10)26-7-22-12-15(21)23-19(20)24-16(12)26/h7-10,13-14,17,28-29H,4-6H2,1-3H3,(H,25,32)(H,30,31)(H2,21,23,24)/t9-,10+,13-,14-,17+,37?/m0/s1. The van der Waals surface area contributed by atoms with E-state index in [2.05, 4.69) is 24.8 Å². The zero-order valence-corrected chi connectivity index (χ0v) is 20.9. The van der Waals surface area contributed by atoms with Gasteiger partial charge in [-0.2, -0.15) is 14.4 Å². The third-order valence-electron chi connectivity index (χ3n) is 5.34. The molecule has 6 atom stereocenters. The van der Waals surface area contributed by atoms with Crippen LogP contribution in [0.15, 0.2) is 6.33 Å². The number of halogens is 1. The van der Waals surface area contributed by atoms with Crippen LogP contribution in [0, 0.1) is 12.0 Å². The number of ether oxygens (including phenoxy) is 2. The minimum atomic E-state index is -4.49. The van der Waals surface area contributed by atoms with Crippen LogP contribution in [0.2, 0.25) is 0 Å². The SMILES string of the molecule is COC(=O)COP(=O)(N[C@@H](CC(C)C)C(=O)O)OC[C@H]1O[C@@H](n2cnc3c(N)nc(F)nc32)[C@@H](O)[C@H]1O. The molecule has 37 heavy (non-hydrogen) atoms. The Morgan fingerprint density at radius 2 is 2.00 bits per heavy atom. The van der Waals surface area contributed by atoms with E-state index in [9.17, 15) is 33.9 Å². The van der Waals surface area contributed by atoms with E-state index in [1.807, 2.05) is 0 Å². The number of carbonyl (C=O) groups is 2. The molecule has 1 aliphatic rings. The van der Waals surface area contributed by atoms with E-state index in [0.717, 1.165) is 18.0 Å². The van der Waals surface area contributed by atoms with Gasteiger partial charge in [-0.1, -0.05) is 13.8 Å². The number of carboxylic acid groups (broad SMARTS) is 1. The van der Waals surface area contributed by atoms with Crippen LogP contribution in [0.25, 0.3) is 11.2 Å². The minimum Gasteiger partial charge on any atom is -0.480 e. The highest BCUT2D eigenvalue weighted by Gasteiger charge is 2.46. The summed E-state index contributed by atoms with van der Waals surface area (Å²) in [6, 6.07) is -1.37. The summed E-state index contributed by atoms with van der Waals surface area (Å²) in [5.41, 5.74) is 5.55. The number of nitrogens with one attached hydrogen (secondary N) is 1. The number of aliphatic carboxylic acids is 1. The van der Waals surface area contributed by atoms with Gasteiger partial charge in [-0.3, -0.25) is 18.4 Å². The highest BCUT2D eigenvalue weighted by Crippen LogP contribution is 2.46. The first kappa shape index (κ1) is 28.8. The van der Waals surface area contributed by atoms with Gasteiger partial charge in [-0.15, -0.1) is 0 Å². The molecule has 18 heteroatoms. The van der Waals surface area contributed by atoms with Gasteiger partial charge in [0, 0.05) is 0 Å². The molecular weight excluding hydrogens is 522 g/mol. The topological polar surface area (TPSA) is 230 Å². The molecule has 0 spiro atoms. The second-order valence-electron chi connectivity index (χ2n) is 8.54. The van der Waals surface area contributed by atoms with E-state index in [0.29, 0.717) is 0 Å². The molecule has 2 aromatic rings. The molecule has 206 valence electrons. The largest absolute Gasteiger partial charge is 0.480 e. The number of hydrogen-bond acceptors (Lipinski definition) is 13. The van der Waals surface area contributed by atoms with E-state index in [1.165, 1.54) is 0 Å². The number of nitrogen functional groups attached to an aromatic ring is 1. The lowest BCUT2D eigenvalue weighted by molar-refractivity contribution is -0.143. The molecule has 0 radical (unpaired) electrons. The summed E-state index contributed by atoms with van der Waals surface area (Å²) < 4.78 is 48.6. The fourth-order valence-electron chi connectivity index (χ4n) is 3.54. The van der Waals surface area contributed by atoms with Crippen LogP contribution in [0.3, 0.4) is 0 Å². The van der Waals surface area contributed by atoms with E-state index >= 15 is 0 Å². The highest BCUT2D eigenvalue weighted by molar-refractivity contribution is 7.51. The van der Waals surface area contributed by atoms with Crippen LogP contribution in [0.4, 0.5) is 10.2 Å². The summed E-state index contributed by atoms with van der Waals surface area (Å²) in [7, 11) is -3.43. The van der Waals surface area contributed by atoms with Gasteiger partial charge in [0.05, 0.1) is 20.0 Å². The Morgan fingerprint density at radius 3 is 2.62 bits per heavy atom. The molecule has 6 N–H and O–H groups in total. The lowest BCUT2D eigenvalue weighted by atomic mass is 10.1. The van der Waals surface area contributed by atoms with E-state index < -0.39 is 69.6 Å². The van der Waals surface area contributed by atoms with Gasteiger partial charge in [-0.25, -0.2) is 19.4 Å². The van der Waals surface area contributed by atoms with Crippen molar-refractivity contribution in [1.29, 1.82) is 0 Å². The van der Waals surface area contributed by atoms with Gasteiger partial charge in [0.15, 0.2) is 29.8 Å². The number of hydrogen-bond donors (Lipinski definition) is 5. The summed E-state index contributed by atoms with van der Waals surface area (Å²) in [6.07, 6.45) is -5.82. The zero-order chi connectivity index (χ0) is 27.5. The van der Waals surface area contributed by atoms with Crippen molar-refractivity contribution in [3.05, 3.63) is 12.4 Å². The number of anilines is 1. The fourth-order valence-corrected chi connectivity index (χ4v) is 4.98. The smallest absolute Gasteiger partial charge is 0.406 e. The number of methoxy groups -OCH3 is 1. The summed E-state index contributed by atoms with van der Waals surface area (Å²) in [5, 5.41) is 32.8. The monoisotopic (exact) mass is 550 g/mol. The molecule has 1 aliphatic heterocycles. The number of aliphatic hydroxyl groups is 2. The van der Waals surface area contributed by atoms with Gasteiger partial charge in [0.25, 0.3) is 0 Å². The maximum Gasteiger partial charge on any atom is 0.406 e. The van der Waals surface area contributed by atoms with E-state index in [4.69, 9.17) is 19.5 Å². The average Bonchev–Trinajstić information content (AvgIpc) is 3.36. The Labute approximate surface area is 209 Å². The Hall–Kier alpha value is -2.79. The van der Waals surface area contributed by atoms with Gasteiger partial charge in [0.2, 0.25) is 0 Å². The fraction of sp³-hybridized carbons (Fsp3) is 0.632. The first-order valence-electron chi connectivity index (χ1n) is 11.0. The van der Waals surface area contributed by atoms with Crippen molar-refractivity contribution in [3.63, 3.8) is 0 Å². The Balaban J connectivity index is 1.78. The molecule has 0 aliphatic carbocycles. The molecule has 0 saturated carbocycles. The predicted molar refractivity (Wildman–Crippen MR) is 121 cm³/mol. The molecule has 1 saturated heterocycles. The molecule has 3 heterocycles. The summed E-state index contributed by atoms with van der Waals surface area (Å²) in [4.78, 5) is 34.1. The van der Waals surface area contributed by atoms with Crippen LogP contribution in [0.5, 0.6) is 0 Å². The molecular formula is C19H28FN6O10P. The number of carboxylic acids is 1. The second-order valence-corrected chi connectivity index (χ2v) is 10.3. The number of nitrogens with zero attached hydrogens (tertiary/aromatic N) is 4. The van der Waals surface area contributed by atoms with Crippen molar-refractivity contribution < 1.29 is 52.4 Å². The summed E-state index contributed by atoms with van der Waals surface area (Å²) >= 11 is 0. The van der Waals surface area contributed by atoms with Gasteiger partial charge in [0.1, 0.15) is 24.4 Å². The summed E-state index contributed by atoms with van der Waals surface area (Å²) in [5.74, 6) is -2.62. The molecule has 0 amide bonds. The maximum atomic E-state index is 13.7. The average molecular weight is 550 g/mol. The summed E-state index contributed by atoms with van der Waals surface area (Å²) in [6.45, 7) is 1.98. The molecule has 0 aromatic carbocycles. The number of nitrogens with two attached hydrogens (primary N) is 1. The zero-order valence-electron chi connectivity index (χ0n) is 20.1. The van der Waals surface area contributed by atoms with E-state index in [1.54, 1.807) is 13.8 Å². The molecule has 1 unspecified atom stereocenters. The molecule has 0 bridgehead atoms. The van der Waals surface area contributed by atoms with Crippen LogP contribution in [-0.4, -0.2) is 91.5 Å². The number of carbonyl (C=O) groups excluding carboxylic acids is 1. The quantitative estimate of drug-likeness (QED) is 0.128. The van der Waals surface area contributed by atoms with Crippen LogP contribution < -0.4 is 10.8 Å². The molecule has 2 aromatic heterocycles. The van der Waals surface area contributed by atoms with Crippen LogP contribution >= 0.6 is 7.75 Å². The van der Waals surface area contributed by atoms with E-state index in [-0.39, 0.29) is 29.3 Å². The van der Waals surface area contributed by atoms with Crippen LogP contribution in [0.1, 0.15) is 26.5 Å². The molecule has 1 fully saturated rings. The lowest BCUT2D eigenvalue weighted by Crippen LogP contribution is -2.38. The van der Waals surface area contributed by atoms with Crippen molar-refractivity contribution in [2.45, 2.75) is 50.8 Å². The normalized spacial score (nSPS) is 24.3. The minimum absolute atomic E-state index is 0.0289. The number of aliphatic hydroxyl groups excluding tert-OH is 2. The number of rotatable bonds is 12. The second kappa shape index (κ2) is 11.7. The number of imidazole rings is 1. The first-order chi connectivity index (χ1) is 17.3. The van der Waals surface area contributed by atoms with Crippen molar-refractivity contribution in [3.8, 4) is 0 Å². The maximum absolute atomic E-state index is 13.7. The van der Waals surface area contributed by atoms with Crippen LogP contribution in [-0.2, 0) is 32.7 Å². The van der Waals surface area contributed by atoms with Crippen molar-refractivity contribution in [2.75, 3.05) is 26.1 Å². The van der Waals surface area contributed by atoms with Gasteiger partial charge in [-0.05, 0) is 12.3 Å². The Kier molecular flexibility index (Phi) is 9.12. The number of fused-ring (bicyclic) bond motifs is 1. The van der Waals surface area contributed by atoms with Gasteiger partial charge >= 0.3 is 25.8 Å². The lowest BCUT2D eigenvalue weighted by Gasteiger charge is -2.25.